The number of para-hydroxylation sites is 3. The third kappa shape index (κ3) is 3.55. The van der Waals surface area contributed by atoms with Crippen LogP contribution in [0.2, 0.25) is 0 Å². The van der Waals surface area contributed by atoms with Gasteiger partial charge in [0.15, 0.2) is 0 Å². The molecule has 248 valence electrons. The lowest BCUT2D eigenvalue weighted by molar-refractivity contribution is 1.19. The standard InChI is InChI=1S/C52H30N2/c1-4-15-36-33(12-1)37-16-5-9-22-47(37)54-48-23-10-7-18-39(48)45-30-32(29-44(36)52(45)54)31-24-26-50-43(28-31)38-17-6-8-21-46(38)53(50)49-27-25-41-35-14-3-2-13-34(35)40-19-11-20-42(49)51(40)41/h1-30H. The van der Waals surface area contributed by atoms with Crippen molar-refractivity contribution in [2.45, 2.75) is 0 Å². The molecular weight excluding hydrogens is 653 g/mol. The molecule has 3 heterocycles. The average Bonchev–Trinajstić information content (AvgIpc) is 3.84. The SMILES string of the molecule is c1ccc2c(c1)-c1ccccc1-n1c3ccccc3c3cc(-c4ccc5c(c4)c4ccccc4n5-c4ccc5c6c(cccc46)-c4ccccc4-5)cc-2c31. The van der Waals surface area contributed by atoms with Gasteiger partial charge in [0.05, 0.1) is 33.4 Å². The molecular formula is C52H30N2. The van der Waals surface area contributed by atoms with Crippen molar-refractivity contribution in [3.63, 3.8) is 0 Å². The van der Waals surface area contributed by atoms with Gasteiger partial charge in [-0.15, -0.1) is 0 Å². The van der Waals surface area contributed by atoms with Crippen LogP contribution in [-0.2, 0) is 0 Å². The Balaban J connectivity index is 1.08. The van der Waals surface area contributed by atoms with Crippen LogP contribution in [0.25, 0.3) is 121 Å². The topological polar surface area (TPSA) is 9.86 Å². The molecule has 1 aliphatic heterocycles. The molecule has 0 unspecified atom stereocenters. The molecule has 54 heavy (non-hydrogen) atoms. The van der Waals surface area contributed by atoms with Crippen LogP contribution < -0.4 is 0 Å². The van der Waals surface area contributed by atoms with E-state index in [1.165, 1.54) is 121 Å². The van der Waals surface area contributed by atoms with Crippen molar-refractivity contribution in [3.8, 4) is 67.0 Å². The summed E-state index contributed by atoms with van der Waals surface area (Å²) < 4.78 is 4.98. The summed E-state index contributed by atoms with van der Waals surface area (Å²) >= 11 is 0. The van der Waals surface area contributed by atoms with Crippen LogP contribution in [0.5, 0.6) is 0 Å². The molecule has 0 saturated heterocycles. The molecule has 2 heteroatoms. The van der Waals surface area contributed by atoms with Gasteiger partial charge in [-0.05, 0) is 98.4 Å². The summed E-state index contributed by atoms with van der Waals surface area (Å²) in [7, 11) is 0. The van der Waals surface area contributed by atoms with Gasteiger partial charge in [-0.25, -0.2) is 0 Å². The van der Waals surface area contributed by atoms with Gasteiger partial charge >= 0.3 is 0 Å². The van der Waals surface area contributed by atoms with E-state index >= 15 is 0 Å². The van der Waals surface area contributed by atoms with Gasteiger partial charge < -0.3 is 9.13 Å². The van der Waals surface area contributed by atoms with E-state index in [9.17, 15) is 0 Å². The molecule has 0 atom stereocenters. The highest BCUT2D eigenvalue weighted by atomic mass is 15.0. The summed E-state index contributed by atoms with van der Waals surface area (Å²) in [5, 5.41) is 7.70. The van der Waals surface area contributed by atoms with Crippen LogP contribution in [0, 0.1) is 0 Å². The largest absolute Gasteiger partial charge is 0.309 e. The first-order valence-corrected chi connectivity index (χ1v) is 18.8. The van der Waals surface area contributed by atoms with E-state index in [4.69, 9.17) is 0 Å². The Morgan fingerprint density at radius 3 is 1.57 bits per heavy atom. The maximum Gasteiger partial charge on any atom is 0.0620 e. The van der Waals surface area contributed by atoms with Crippen molar-refractivity contribution in [1.82, 2.24) is 9.13 Å². The van der Waals surface area contributed by atoms with E-state index in [2.05, 4.69) is 191 Å². The van der Waals surface area contributed by atoms with Gasteiger partial charge in [0.1, 0.15) is 0 Å². The fourth-order valence-corrected chi connectivity index (χ4v) is 9.97. The molecule has 2 aliphatic rings. The minimum absolute atomic E-state index is 1.22. The van der Waals surface area contributed by atoms with Crippen LogP contribution >= 0.6 is 0 Å². The van der Waals surface area contributed by atoms with Gasteiger partial charge in [-0.2, -0.15) is 0 Å². The monoisotopic (exact) mass is 682 g/mol. The van der Waals surface area contributed by atoms with Crippen molar-refractivity contribution in [2.24, 2.45) is 0 Å². The lowest BCUT2D eigenvalue weighted by atomic mass is 9.91. The van der Waals surface area contributed by atoms with Crippen molar-refractivity contribution in [2.75, 3.05) is 0 Å². The van der Waals surface area contributed by atoms with E-state index in [-0.39, 0.29) is 0 Å². The number of benzene rings is 9. The van der Waals surface area contributed by atoms with E-state index in [1.807, 2.05) is 0 Å². The third-order valence-corrected chi connectivity index (χ3v) is 12.2. The summed E-state index contributed by atoms with van der Waals surface area (Å²) in [5.41, 5.74) is 20.2. The minimum atomic E-state index is 1.22. The van der Waals surface area contributed by atoms with Crippen LogP contribution in [0.15, 0.2) is 182 Å². The number of hydrogen-bond acceptors (Lipinski definition) is 0. The zero-order chi connectivity index (χ0) is 35.1. The average molecular weight is 683 g/mol. The molecule has 2 nitrogen and oxygen atoms in total. The lowest BCUT2D eigenvalue weighted by Gasteiger charge is -2.14. The fraction of sp³-hybridized carbons (Fsp3) is 0. The minimum Gasteiger partial charge on any atom is -0.309 e. The second kappa shape index (κ2) is 10.2. The Bertz CT molecular complexity index is 3420. The van der Waals surface area contributed by atoms with Crippen LogP contribution in [0.3, 0.4) is 0 Å². The molecule has 0 bridgehead atoms. The highest BCUT2D eigenvalue weighted by Gasteiger charge is 2.26. The van der Waals surface area contributed by atoms with E-state index < -0.39 is 0 Å². The molecule has 0 saturated carbocycles. The number of rotatable bonds is 2. The Morgan fingerprint density at radius 2 is 0.796 bits per heavy atom. The van der Waals surface area contributed by atoms with Crippen LogP contribution in [0.1, 0.15) is 0 Å². The predicted molar refractivity (Wildman–Crippen MR) is 227 cm³/mol. The zero-order valence-electron chi connectivity index (χ0n) is 29.2. The highest BCUT2D eigenvalue weighted by molar-refractivity contribution is 6.20. The van der Waals surface area contributed by atoms with Gasteiger partial charge in [-0.1, -0.05) is 133 Å². The number of nitrogens with zero attached hydrogens (tertiary/aromatic N) is 2. The maximum atomic E-state index is 2.49. The Hall–Kier alpha value is -7.16. The summed E-state index contributed by atoms with van der Waals surface area (Å²) in [6, 6.07) is 67.8. The molecule has 1 aliphatic carbocycles. The highest BCUT2D eigenvalue weighted by Crippen LogP contribution is 2.51. The summed E-state index contributed by atoms with van der Waals surface area (Å²) in [6.07, 6.45) is 0. The smallest absolute Gasteiger partial charge is 0.0620 e. The van der Waals surface area contributed by atoms with Crippen molar-refractivity contribution in [3.05, 3.63) is 182 Å². The van der Waals surface area contributed by atoms with Gasteiger partial charge in [0.2, 0.25) is 0 Å². The lowest BCUT2D eigenvalue weighted by Crippen LogP contribution is -1.96. The van der Waals surface area contributed by atoms with Crippen molar-refractivity contribution >= 4 is 54.4 Å². The third-order valence-electron chi connectivity index (χ3n) is 12.2. The van der Waals surface area contributed by atoms with Crippen molar-refractivity contribution < 1.29 is 0 Å². The number of aromatic nitrogens is 2. The Kier molecular flexibility index (Phi) is 5.39. The second-order valence-corrected chi connectivity index (χ2v) is 14.8. The summed E-state index contributed by atoms with van der Waals surface area (Å²) in [4.78, 5) is 0. The van der Waals surface area contributed by atoms with Crippen LogP contribution in [-0.4, -0.2) is 9.13 Å². The summed E-state index contributed by atoms with van der Waals surface area (Å²) in [5.74, 6) is 0. The molecule has 0 N–H and O–H groups in total. The second-order valence-electron chi connectivity index (χ2n) is 14.8. The molecule has 0 fully saturated rings. The van der Waals surface area contributed by atoms with E-state index in [0.717, 1.165) is 0 Å². The zero-order valence-corrected chi connectivity index (χ0v) is 29.2. The Labute approximate surface area is 311 Å². The van der Waals surface area contributed by atoms with E-state index in [1.54, 1.807) is 0 Å². The number of hydrogen-bond donors (Lipinski definition) is 0. The first-order chi connectivity index (χ1) is 26.8. The molecule has 0 radical (unpaired) electrons. The normalized spacial score (nSPS) is 12.4. The molecule has 11 aromatic rings. The molecule has 0 spiro atoms. The first kappa shape index (κ1) is 28.4. The fourth-order valence-electron chi connectivity index (χ4n) is 9.97. The first-order valence-electron chi connectivity index (χ1n) is 18.8. The quantitative estimate of drug-likeness (QED) is 0.172. The predicted octanol–water partition coefficient (Wildman–Crippen LogP) is 14.0. The van der Waals surface area contributed by atoms with Gasteiger partial charge in [-0.3, -0.25) is 0 Å². The van der Waals surface area contributed by atoms with Crippen LogP contribution in [0.4, 0.5) is 0 Å². The Morgan fingerprint density at radius 1 is 0.259 bits per heavy atom. The van der Waals surface area contributed by atoms with Crippen molar-refractivity contribution in [1.29, 1.82) is 0 Å². The van der Waals surface area contributed by atoms with E-state index in [0.29, 0.717) is 0 Å². The van der Waals surface area contributed by atoms with Gasteiger partial charge in [0.25, 0.3) is 0 Å². The number of fused-ring (bicyclic) bond motifs is 14. The molecule has 0 amide bonds. The maximum absolute atomic E-state index is 2.49. The molecule has 13 rings (SSSR count). The van der Waals surface area contributed by atoms with Gasteiger partial charge in [0, 0.05) is 38.1 Å². The summed E-state index contributed by atoms with van der Waals surface area (Å²) in [6.45, 7) is 0. The molecule has 9 aromatic carbocycles. The molecule has 2 aromatic heterocycles.